The maximum Gasteiger partial charge on any atom is 0.416 e. The average Bonchev–Trinajstić information content (AvgIpc) is 2.86. The smallest absolute Gasteiger partial charge is 0.416 e. The fourth-order valence-corrected chi connectivity index (χ4v) is 4.67. The Morgan fingerprint density at radius 2 is 1.82 bits per heavy atom. The first-order valence-electron chi connectivity index (χ1n) is 7.87. The van der Waals surface area contributed by atoms with Gasteiger partial charge in [0.15, 0.2) is 0 Å². The first-order valence-corrected chi connectivity index (χ1v) is 9.31. The van der Waals surface area contributed by atoms with Gasteiger partial charge in [-0.1, -0.05) is 6.07 Å². The third kappa shape index (κ3) is 3.35. The van der Waals surface area contributed by atoms with E-state index < -0.39 is 44.9 Å². The van der Waals surface area contributed by atoms with Crippen LogP contribution in [-0.4, -0.2) is 23.5 Å². The van der Waals surface area contributed by atoms with E-state index in [0.717, 1.165) is 40.4 Å². The fraction of sp³-hybridized carbons (Fsp3) is 0.167. The number of carbonyl (C=O) groups is 1. The maximum atomic E-state index is 13.7. The van der Waals surface area contributed by atoms with Crippen molar-refractivity contribution < 1.29 is 35.9 Å². The number of halogens is 4. The van der Waals surface area contributed by atoms with E-state index in [1.807, 2.05) is 0 Å². The molecule has 28 heavy (non-hydrogen) atoms. The van der Waals surface area contributed by atoms with E-state index in [2.05, 4.69) is 0 Å². The van der Waals surface area contributed by atoms with Crippen LogP contribution in [0.3, 0.4) is 0 Å². The fourth-order valence-electron chi connectivity index (χ4n) is 3.05. The van der Waals surface area contributed by atoms with Crippen LogP contribution in [0.1, 0.15) is 16.8 Å². The first-order chi connectivity index (χ1) is 12.9. The van der Waals surface area contributed by atoms with Crippen molar-refractivity contribution in [2.24, 2.45) is 0 Å². The number of carboxylic acids is 1. The Hall–Kier alpha value is -2.88. The van der Waals surface area contributed by atoms with Gasteiger partial charge >= 0.3 is 12.1 Å². The lowest BCUT2D eigenvalue weighted by Gasteiger charge is -2.12. The van der Waals surface area contributed by atoms with Crippen molar-refractivity contribution in [3.63, 3.8) is 0 Å². The number of aliphatic carboxylic acids is 1. The van der Waals surface area contributed by atoms with Gasteiger partial charge in [0.25, 0.3) is 10.0 Å². The number of benzene rings is 2. The molecule has 0 unspecified atom stereocenters. The molecule has 0 atom stereocenters. The summed E-state index contributed by atoms with van der Waals surface area (Å²) in [4.78, 5) is 10.5. The number of fused-ring (bicyclic) bond motifs is 1. The van der Waals surface area contributed by atoms with Gasteiger partial charge in [-0.25, -0.2) is 16.8 Å². The van der Waals surface area contributed by atoms with Crippen molar-refractivity contribution in [1.29, 1.82) is 0 Å². The molecule has 0 amide bonds. The number of nitrogens with zero attached hydrogens (tertiary/aromatic N) is 1. The first kappa shape index (κ1) is 19.9. The molecule has 5 nitrogen and oxygen atoms in total. The summed E-state index contributed by atoms with van der Waals surface area (Å²) < 4.78 is 79.5. The van der Waals surface area contributed by atoms with Crippen molar-refractivity contribution >= 4 is 26.9 Å². The third-order valence-corrected chi connectivity index (χ3v) is 6.07. The molecular weight excluding hydrogens is 402 g/mol. The minimum Gasteiger partial charge on any atom is -0.481 e. The SMILES string of the molecule is Cc1c(CC(=O)O)c2cc(F)ccc2n1S(=O)(=O)c1cccc(C(F)(F)F)c1. The predicted molar refractivity (Wildman–Crippen MR) is 92.0 cm³/mol. The molecular formula is C18H13F4NO4S. The number of rotatable bonds is 4. The lowest BCUT2D eigenvalue weighted by atomic mass is 10.1. The van der Waals surface area contributed by atoms with Crippen LogP contribution in [-0.2, 0) is 27.4 Å². The second kappa shape index (κ2) is 6.62. The van der Waals surface area contributed by atoms with Gasteiger partial charge < -0.3 is 5.11 Å². The number of alkyl halides is 3. The van der Waals surface area contributed by atoms with Crippen LogP contribution in [0.5, 0.6) is 0 Å². The quantitative estimate of drug-likeness (QED) is 0.655. The summed E-state index contributed by atoms with van der Waals surface area (Å²) >= 11 is 0. The molecule has 0 radical (unpaired) electrons. The largest absolute Gasteiger partial charge is 0.481 e. The van der Waals surface area contributed by atoms with Crippen LogP contribution in [0.4, 0.5) is 17.6 Å². The molecule has 10 heteroatoms. The van der Waals surface area contributed by atoms with E-state index in [1.165, 1.54) is 6.92 Å². The van der Waals surface area contributed by atoms with Gasteiger partial charge in [0.05, 0.1) is 22.4 Å². The van der Waals surface area contributed by atoms with Gasteiger partial charge in [0, 0.05) is 11.1 Å². The van der Waals surface area contributed by atoms with Crippen LogP contribution in [0.15, 0.2) is 47.4 Å². The van der Waals surface area contributed by atoms with Gasteiger partial charge in [-0.3, -0.25) is 4.79 Å². The van der Waals surface area contributed by atoms with Crippen LogP contribution in [0, 0.1) is 12.7 Å². The van der Waals surface area contributed by atoms with Crippen molar-refractivity contribution in [3.05, 3.63) is 65.1 Å². The van der Waals surface area contributed by atoms with E-state index >= 15 is 0 Å². The monoisotopic (exact) mass is 415 g/mol. The molecule has 2 aromatic carbocycles. The van der Waals surface area contributed by atoms with Crippen LogP contribution in [0.25, 0.3) is 10.9 Å². The van der Waals surface area contributed by atoms with Crippen molar-refractivity contribution in [1.82, 2.24) is 3.97 Å². The van der Waals surface area contributed by atoms with E-state index in [1.54, 1.807) is 0 Å². The Kier molecular flexibility index (Phi) is 4.70. The molecule has 0 bridgehead atoms. The minimum absolute atomic E-state index is 0.0135. The average molecular weight is 415 g/mol. The van der Waals surface area contributed by atoms with Crippen LogP contribution in [0.2, 0.25) is 0 Å². The summed E-state index contributed by atoms with van der Waals surface area (Å²) in [7, 11) is -4.51. The molecule has 1 aromatic heterocycles. The van der Waals surface area contributed by atoms with Gasteiger partial charge in [0.1, 0.15) is 5.82 Å². The number of hydrogen-bond donors (Lipinski definition) is 1. The molecule has 0 aliphatic carbocycles. The molecule has 3 rings (SSSR count). The second-order valence-electron chi connectivity index (χ2n) is 6.09. The van der Waals surface area contributed by atoms with E-state index in [4.69, 9.17) is 5.11 Å². The number of carboxylic acid groups (broad SMARTS) is 1. The third-order valence-electron chi connectivity index (χ3n) is 4.27. The number of hydrogen-bond acceptors (Lipinski definition) is 3. The highest BCUT2D eigenvalue weighted by Gasteiger charge is 2.33. The summed E-state index contributed by atoms with van der Waals surface area (Å²) in [5, 5.41) is 9.16. The Balaban J connectivity index is 2.32. The predicted octanol–water partition coefficient (Wildman–Crippen LogP) is 3.97. The summed E-state index contributed by atoms with van der Waals surface area (Å²) in [6.07, 6.45) is -5.31. The normalized spacial score (nSPS) is 12.5. The van der Waals surface area contributed by atoms with E-state index in [9.17, 15) is 30.8 Å². The lowest BCUT2D eigenvalue weighted by Crippen LogP contribution is -2.16. The Morgan fingerprint density at radius 1 is 1.14 bits per heavy atom. The maximum absolute atomic E-state index is 13.7. The zero-order valence-corrected chi connectivity index (χ0v) is 15.1. The molecule has 0 aliphatic rings. The second-order valence-corrected chi connectivity index (χ2v) is 7.88. The van der Waals surface area contributed by atoms with Gasteiger partial charge in [-0.05, 0) is 48.9 Å². The van der Waals surface area contributed by atoms with Crippen molar-refractivity contribution in [3.8, 4) is 0 Å². The Morgan fingerprint density at radius 3 is 2.43 bits per heavy atom. The summed E-state index contributed by atoms with van der Waals surface area (Å²) in [6.45, 7) is 1.32. The molecule has 0 saturated heterocycles. The van der Waals surface area contributed by atoms with E-state index in [-0.39, 0.29) is 22.2 Å². The Labute approximate surface area is 156 Å². The molecule has 0 fully saturated rings. The molecule has 148 valence electrons. The van der Waals surface area contributed by atoms with Crippen LogP contribution < -0.4 is 0 Å². The van der Waals surface area contributed by atoms with Crippen molar-refractivity contribution in [2.75, 3.05) is 0 Å². The molecule has 3 aromatic rings. The highest BCUT2D eigenvalue weighted by atomic mass is 32.2. The zero-order valence-electron chi connectivity index (χ0n) is 14.3. The van der Waals surface area contributed by atoms with E-state index in [0.29, 0.717) is 6.07 Å². The molecule has 1 heterocycles. The highest BCUT2D eigenvalue weighted by Crippen LogP contribution is 2.34. The minimum atomic E-state index is -4.74. The molecule has 0 aliphatic heterocycles. The van der Waals surface area contributed by atoms with Gasteiger partial charge in [-0.2, -0.15) is 13.2 Å². The molecule has 0 saturated carbocycles. The van der Waals surface area contributed by atoms with Crippen LogP contribution >= 0.6 is 0 Å². The topological polar surface area (TPSA) is 76.4 Å². The lowest BCUT2D eigenvalue weighted by molar-refractivity contribution is -0.138. The summed E-state index contributed by atoms with van der Waals surface area (Å²) in [5.41, 5.74) is -1.11. The van der Waals surface area contributed by atoms with Gasteiger partial charge in [0.2, 0.25) is 0 Å². The van der Waals surface area contributed by atoms with Crippen molar-refractivity contribution in [2.45, 2.75) is 24.4 Å². The van der Waals surface area contributed by atoms with Gasteiger partial charge in [-0.15, -0.1) is 0 Å². The highest BCUT2D eigenvalue weighted by molar-refractivity contribution is 7.90. The zero-order chi connectivity index (χ0) is 20.9. The number of aromatic nitrogens is 1. The molecule has 1 N–H and O–H groups in total. The Bertz CT molecular complexity index is 1200. The molecule has 0 spiro atoms. The standard InChI is InChI=1S/C18H13F4NO4S/c1-10-14(9-17(24)25)15-8-12(19)5-6-16(15)23(10)28(26,27)13-4-2-3-11(7-13)18(20,21)22/h2-8H,9H2,1H3,(H,24,25). The summed E-state index contributed by atoms with van der Waals surface area (Å²) in [5.74, 6) is -1.96. The summed E-state index contributed by atoms with van der Waals surface area (Å²) in [6, 6.07) is 6.36.